The van der Waals surface area contributed by atoms with E-state index in [2.05, 4.69) is 93.7 Å². The van der Waals surface area contributed by atoms with E-state index in [1.807, 2.05) is 0 Å². The molecule has 1 unspecified atom stereocenters. The van der Waals surface area contributed by atoms with Gasteiger partial charge in [0, 0.05) is 19.3 Å². The average Bonchev–Trinajstić information content (AvgIpc) is 3.37. The standard InChI is InChI=1S/C65H114O6/c1-4-7-10-13-16-19-21-23-25-27-29-31-32-34-35-37-39-41-43-46-49-52-55-58-64(67)70-61-62(60-69-63(66)57-54-51-48-45-18-15-12-9-6-3)71-65(68)59-56-53-50-47-44-42-40-38-36-33-30-28-26-24-22-20-17-14-11-8-5-2/h7,10,16,19,23,25,28-31,34-35,62H,4-6,8-9,11-15,17-18,20-22,24,26-27,32-33,36-61H2,1-3H3/b10-7-,19-16-,25-23-,30-28-,31-29-,35-34-. The SMILES string of the molecule is CC/C=C\C/C=C\C/C=C\C/C=C\C/C=C\CCCCCCCCCC(=O)OCC(COC(=O)CCCCCCCCCCC)OC(=O)CCCCCCCCCCC/C=C\CCCCCCCCCC. The van der Waals surface area contributed by atoms with E-state index < -0.39 is 6.10 Å². The third-order valence-corrected chi connectivity index (χ3v) is 13.2. The summed E-state index contributed by atoms with van der Waals surface area (Å²) in [7, 11) is 0. The lowest BCUT2D eigenvalue weighted by atomic mass is 10.1. The minimum Gasteiger partial charge on any atom is -0.462 e. The highest BCUT2D eigenvalue weighted by molar-refractivity contribution is 5.71. The first kappa shape index (κ1) is 67.8. The molecule has 6 heteroatoms. The summed E-state index contributed by atoms with van der Waals surface area (Å²) in [5.74, 6) is -0.883. The molecule has 0 N–H and O–H groups in total. The Labute approximate surface area is 440 Å². The van der Waals surface area contributed by atoms with Crippen LogP contribution in [-0.2, 0) is 28.6 Å². The number of allylic oxidation sites excluding steroid dienone is 12. The fourth-order valence-electron chi connectivity index (χ4n) is 8.64. The van der Waals surface area contributed by atoms with Crippen LogP contribution in [0.25, 0.3) is 0 Å². The van der Waals surface area contributed by atoms with Crippen molar-refractivity contribution in [3.05, 3.63) is 72.9 Å². The molecule has 0 saturated heterocycles. The molecule has 0 aromatic heterocycles. The Bertz CT molecular complexity index is 1320. The number of carbonyl (C=O) groups is 3. The van der Waals surface area contributed by atoms with Gasteiger partial charge in [-0.3, -0.25) is 14.4 Å². The van der Waals surface area contributed by atoms with Crippen LogP contribution in [-0.4, -0.2) is 37.2 Å². The lowest BCUT2D eigenvalue weighted by molar-refractivity contribution is -0.167. The van der Waals surface area contributed by atoms with Gasteiger partial charge in [0.15, 0.2) is 6.10 Å². The summed E-state index contributed by atoms with van der Waals surface area (Å²) >= 11 is 0. The summed E-state index contributed by atoms with van der Waals surface area (Å²) in [6.07, 6.45) is 76.2. The van der Waals surface area contributed by atoms with E-state index >= 15 is 0 Å². The number of ether oxygens (including phenoxy) is 3. The largest absolute Gasteiger partial charge is 0.462 e. The van der Waals surface area contributed by atoms with Crippen LogP contribution in [0.1, 0.15) is 303 Å². The molecular formula is C65H114O6. The minimum absolute atomic E-state index is 0.0774. The van der Waals surface area contributed by atoms with Crippen LogP contribution >= 0.6 is 0 Å². The summed E-state index contributed by atoms with van der Waals surface area (Å²) in [6.45, 7) is 6.52. The number of esters is 3. The smallest absolute Gasteiger partial charge is 0.306 e. The van der Waals surface area contributed by atoms with Crippen molar-refractivity contribution in [2.45, 2.75) is 309 Å². The van der Waals surface area contributed by atoms with Crippen LogP contribution in [0.2, 0.25) is 0 Å². The third-order valence-electron chi connectivity index (χ3n) is 13.2. The zero-order chi connectivity index (χ0) is 51.4. The molecule has 0 aromatic rings. The molecule has 0 aliphatic carbocycles. The Morgan fingerprint density at radius 1 is 0.296 bits per heavy atom. The summed E-state index contributed by atoms with van der Waals surface area (Å²) in [4.78, 5) is 38.1. The quantitative estimate of drug-likeness (QED) is 0.0261. The molecular weight excluding hydrogens is 877 g/mol. The van der Waals surface area contributed by atoms with Crippen molar-refractivity contribution in [3.8, 4) is 0 Å². The maximum Gasteiger partial charge on any atom is 0.306 e. The molecule has 0 spiro atoms. The number of unbranched alkanes of at least 4 members (excludes halogenated alkanes) is 32. The first-order valence-electron chi connectivity index (χ1n) is 30.4. The van der Waals surface area contributed by atoms with Crippen molar-refractivity contribution in [1.82, 2.24) is 0 Å². The van der Waals surface area contributed by atoms with Gasteiger partial charge in [-0.15, -0.1) is 0 Å². The van der Waals surface area contributed by atoms with Crippen molar-refractivity contribution >= 4 is 17.9 Å². The Balaban J connectivity index is 4.26. The van der Waals surface area contributed by atoms with Crippen LogP contribution in [0.15, 0.2) is 72.9 Å². The third kappa shape index (κ3) is 57.6. The first-order valence-corrected chi connectivity index (χ1v) is 30.4. The number of rotatable bonds is 55. The van der Waals surface area contributed by atoms with Gasteiger partial charge in [0.2, 0.25) is 0 Å². The molecule has 410 valence electrons. The zero-order valence-corrected chi connectivity index (χ0v) is 47.0. The van der Waals surface area contributed by atoms with Gasteiger partial charge < -0.3 is 14.2 Å². The maximum atomic E-state index is 12.9. The fourth-order valence-corrected chi connectivity index (χ4v) is 8.64. The van der Waals surface area contributed by atoms with Gasteiger partial charge in [-0.2, -0.15) is 0 Å². The van der Waals surface area contributed by atoms with Gasteiger partial charge in [0.1, 0.15) is 13.2 Å². The van der Waals surface area contributed by atoms with E-state index in [9.17, 15) is 14.4 Å². The molecule has 0 aliphatic rings. The zero-order valence-electron chi connectivity index (χ0n) is 47.0. The predicted octanol–water partition coefficient (Wildman–Crippen LogP) is 20.5. The van der Waals surface area contributed by atoms with Gasteiger partial charge in [-0.05, 0) is 89.9 Å². The van der Waals surface area contributed by atoms with Crippen molar-refractivity contribution in [2.24, 2.45) is 0 Å². The Morgan fingerprint density at radius 2 is 0.549 bits per heavy atom. The molecule has 0 aromatic carbocycles. The normalized spacial score (nSPS) is 12.5. The number of carbonyl (C=O) groups excluding carboxylic acids is 3. The second-order valence-electron chi connectivity index (χ2n) is 20.2. The molecule has 71 heavy (non-hydrogen) atoms. The highest BCUT2D eigenvalue weighted by Gasteiger charge is 2.19. The van der Waals surface area contributed by atoms with Gasteiger partial charge in [0.25, 0.3) is 0 Å². The van der Waals surface area contributed by atoms with Crippen LogP contribution in [0.5, 0.6) is 0 Å². The van der Waals surface area contributed by atoms with E-state index in [1.165, 1.54) is 167 Å². The highest BCUT2D eigenvalue weighted by Crippen LogP contribution is 2.16. The molecule has 6 nitrogen and oxygen atoms in total. The highest BCUT2D eigenvalue weighted by atomic mass is 16.6. The first-order chi connectivity index (χ1) is 35.0. The number of hydrogen-bond acceptors (Lipinski definition) is 6. The summed E-state index contributed by atoms with van der Waals surface area (Å²) in [6, 6.07) is 0. The van der Waals surface area contributed by atoms with Crippen LogP contribution in [0, 0.1) is 0 Å². The Morgan fingerprint density at radius 3 is 0.873 bits per heavy atom. The van der Waals surface area contributed by atoms with Gasteiger partial charge in [0.05, 0.1) is 0 Å². The lowest BCUT2D eigenvalue weighted by Gasteiger charge is -2.18. The topological polar surface area (TPSA) is 78.9 Å². The average molecular weight is 992 g/mol. The van der Waals surface area contributed by atoms with Gasteiger partial charge >= 0.3 is 17.9 Å². The van der Waals surface area contributed by atoms with E-state index in [0.29, 0.717) is 19.3 Å². The molecule has 0 radical (unpaired) electrons. The van der Waals surface area contributed by atoms with E-state index in [-0.39, 0.29) is 31.1 Å². The molecule has 0 rings (SSSR count). The summed E-state index contributed by atoms with van der Waals surface area (Å²) in [5.41, 5.74) is 0. The second-order valence-corrected chi connectivity index (χ2v) is 20.2. The molecule has 1 atom stereocenters. The fraction of sp³-hybridized carbons (Fsp3) is 0.769. The number of hydrogen-bond donors (Lipinski definition) is 0. The summed E-state index contributed by atoms with van der Waals surface area (Å²) in [5, 5.41) is 0. The Hall–Kier alpha value is -3.15. The molecule has 0 fully saturated rings. The second kappa shape index (κ2) is 59.4. The van der Waals surface area contributed by atoms with Crippen LogP contribution < -0.4 is 0 Å². The van der Waals surface area contributed by atoms with E-state index in [4.69, 9.17) is 14.2 Å². The van der Waals surface area contributed by atoms with E-state index in [1.54, 1.807) is 0 Å². The maximum absolute atomic E-state index is 12.9. The van der Waals surface area contributed by atoms with Crippen molar-refractivity contribution < 1.29 is 28.6 Å². The monoisotopic (exact) mass is 991 g/mol. The lowest BCUT2D eigenvalue weighted by Crippen LogP contribution is -2.30. The van der Waals surface area contributed by atoms with Crippen molar-refractivity contribution in [2.75, 3.05) is 13.2 Å². The van der Waals surface area contributed by atoms with Crippen molar-refractivity contribution in [1.29, 1.82) is 0 Å². The molecule has 0 heterocycles. The molecule has 0 saturated carbocycles. The van der Waals surface area contributed by atoms with Crippen LogP contribution in [0.4, 0.5) is 0 Å². The summed E-state index contributed by atoms with van der Waals surface area (Å²) < 4.78 is 16.9. The molecule has 0 aliphatic heterocycles. The van der Waals surface area contributed by atoms with Crippen molar-refractivity contribution in [3.63, 3.8) is 0 Å². The molecule has 0 amide bonds. The Kier molecular flexibility index (Phi) is 56.8. The van der Waals surface area contributed by atoms with Gasteiger partial charge in [-0.1, -0.05) is 267 Å². The van der Waals surface area contributed by atoms with E-state index in [0.717, 1.165) is 96.3 Å². The molecule has 0 bridgehead atoms. The van der Waals surface area contributed by atoms with Crippen LogP contribution in [0.3, 0.4) is 0 Å². The van der Waals surface area contributed by atoms with Gasteiger partial charge in [-0.25, -0.2) is 0 Å². The minimum atomic E-state index is -0.779. The predicted molar refractivity (Wildman–Crippen MR) is 307 cm³/mol.